The molecule has 0 amide bonds. The second-order valence-corrected chi connectivity index (χ2v) is 11.6. The van der Waals surface area contributed by atoms with Crippen LogP contribution >= 0.6 is 0 Å². The quantitative estimate of drug-likeness (QED) is 0.201. The molecule has 2 aromatic carbocycles. The molecule has 0 fully saturated rings. The van der Waals surface area contributed by atoms with E-state index in [2.05, 4.69) is 30.6 Å². The molecule has 0 radical (unpaired) electrons. The maximum atomic E-state index is 15.1. The minimum absolute atomic E-state index is 0.0279. The highest BCUT2D eigenvalue weighted by Crippen LogP contribution is 2.54. The standard InChI is InChI=1S/C30H16N14O6/c45-27-39-19-10-8-15(43(47)48)13-18(19)34-24(39)36-26-38-29(21-5-1-3-11-31-21)30(41(26)27,22-6-2-4-12-32-22)42-25(37-29)35-23-33-17-9-7-16(44(49)50)14-20(17)40(23)28(42)46/h1-14H,(H,33,35,37)(H,34,36,38)/t29-,30-/m0/s1. The molecule has 8 aromatic rings. The van der Waals surface area contributed by atoms with Gasteiger partial charge in [-0.2, -0.15) is 9.97 Å². The van der Waals surface area contributed by atoms with Crippen molar-refractivity contribution >= 4 is 56.9 Å². The molecule has 50 heavy (non-hydrogen) atoms. The van der Waals surface area contributed by atoms with E-state index in [9.17, 15) is 20.2 Å². The summed E-state index contributed by atoms with van der Waals surface area (Å²) < 4.78 is 4.81. The highest BCUT2D eigenvalue weighted by atomic mass is 16.6. The van der Waals surface area contributed by atoms with Gasteiger partial charge in [0.15, 0.2) is 0 Å². The van der Waals surface area contributed by atoms with Gasteiger partial charge in [0, 0.05) is 36.7 Å². The lowest BCUT2D eigenvalue weighted by atomic mass is 9.87. The summed E-state index contributed by atoms with van der Waals surface area (Å²) in [5.74, 6) is -0.190. The molecule has 20 nitrogen and oxygen atoms in total. The van der Waals surface area contributed by atoms with Crippen LogP contribution < -0.4 is 22.0 Å². The molecular weight excluding hydrogens is 652 g/mol. The van der Waals surface area contributed by atoms with E-state index in [0.29, 0.717) is 5.69 Å². The molecule has 0 aliphatic carbocycles. The summed E-state index contributed by atoms with van der Waals surface area (Å²) in [4.78, 5) is 79.8. The molecule has 2 atom stereocenters. The number of hydrogen-bond donors (Lipinski definition) is 2. The van der Waals surface area contributed by atoms with Gasteiger partial charge in [-0.3, -0.25) is 30.2 Å². The van der Waals surface area contributed by atoms with Crippen molar-refractivity contribution in [1.29, 1.82) is 0 Å². The summed E-state index contributed by atoms with van der Waals surface area (Å²) in [6.45, 7) is 0. The van der Waals surface area contributed by atoms with Crippen molar-refractivity contribution in [2.75, 3.05) is 10.6 Å². The van der Waals surface area contributed by atoms with E-state index < -0.39 is 32.6 Å². The van der Waals surface area contributed by atoms with Gasteiger partial charge in [0.1, 0.15) is 0 Å². The minimum Gasteiger partial charge on any atom is -0.324 e. The lowest BCUT2D eigenvalue weighted by Gasteiger charge is -2.38. The van der Waals surface area contributed by atoms with Crippen LogP contribution in [0.3, 0.4) is 0 Å². The van der Waals surface area contributed by atoms with Gasteiger partial charge in [-0.25, -0.2) is 37.5 Å². The fourth-order valence-corrected chi connectivity index (χ4v) is 7.14. The van der Waals surface area contributed by atoms with Crippen molar-refractivity contribution in [2.24, 2.45) is 0 Å². The molecule has 0 spiro atoms. The van der Waals surface area contributed by atoms with Gasteiger partial charge >= 0.3 is 11.4 Å². The molecule has 6 aromatic heterocycles. The number of fused-ring (bicyclic) bond motifs is 11. The lowest BCUT2D eigenvalue weighted by Crippen LogP contribution is -2.61. The Morgan fingerprint density at radius 2 is 1.18 bits per heavy atom. The van der Waals surface area contributed by atoms with E-state index in [1.54, 1.807) is 42.6 Å². The number of anilines is 2. The van der Waals surface area contributed by atoms with Gasteiger partial charge in [-0.15, -0.1) is 0 Å². The van der Waals surface area contributed by atoms with E-state index in [0.717, 1.165) is 4.40 Å². The summed E-state index contributed by atoms with van der Waals surface area (Å²) in [5, 5.41) is 29.9. The van der Waals surface area contributed by atoms with Gasteiger partial charge in [0.2, 0.25) is 34.8 Å². The molecule has 8 heterocycles. The van der Waals surface area contributed by atoms with Crippen LogP contribution in [0.4, 0.5) is 23.3 Å². The number of nitro groups is 2. The molecular formula is C30H16N14O6. The van der Waals surface area contributed by atoms with E-state index in [1.807, 2.05) is 0 Å². The molecule has 2 aliphatic rings. The van der Waals surface area contributed by atoms with E-state index in [-0.39, 0.29) is 62.6 Å². The number of nitro benzene ring substituents is 2. The zero-order valence-corrected chi connectivity index (χ0v) is 24.9. The molecule has 20 heteroatoms. The van der Waals surface area contributed by atoms with Gasteiger partial charge in [0.05, 0.1) is 43.3 Å². The van der Waals surface area contributed by atoms with Crippen molar-refractivity contribution < 1.29 is 9.85 Å². The van der Waals surface area contributed by atoms with Crippen LogP contribution in [0.25, 0.3) is 33.6 Å². The number of hydrogen-bond acceptors (Lipinski definition) is 14. The molecule has 0 unspecified atom stereocenters. The molecule has 0 saturated carbocycles. The minimum atomic E-state index is -1.99. The predicted octanol–water partition coefficient (Wildman–Crippen LogP) is 1.96. The third kappa shape index (κ3) is 3.13. The Labute approximate surface area is 274 Å². The highest BCUT2D eigenvalue weighted by molar-refractivity contribution is 5.83. The molecule has 2 N–H and O–H groups in total. The van der Waals surface area contributed by atoms with Gasteiger partial charge in [-0.1, -0.05) is 12.1 Å². The SMILES string of the molecule is O=c1n2c(nc3nc4cc([N+](=O)[O-])ccc4n13)N[C@]1(c3ccccn3)Nc3nc4nc5ccc([N+](=O)[O-])cc5n4c(=O)n3[C@]21c1ccccn1. The lowest BCUT2D eigenvalue weighted by molar-refractivity contribution is -0.384. The van der Waals surface area contributed by atoms with E-state index >= 15 is 9.59 Å². The van der Waals surface area contributed by atoms with Crippen LogP contribution in [-0.4, -0.2) is 57.7 Å². The number of rotatable bonds is 4. The smallest absolute Gasteiger partial charge is 0.324 e. The van der Waals surface area contributed by atoms with Crippen molar-refractivity contribution in [1.82, 2.24) is 47.8 Å². The van der Waals surface area contributed by atoms with Crippen LogP contribution in [0.5, 0.6) is 0 Å². The molecule has 2 aliphatic heterocycles. The van der Waals surface area contributed by atoms with Crippen molar-refractivity contribution in [3.05, 3.63) is 138 Å². The molecule has 10 rings (SSSR count). The normalized spacial score (nSPS) is 19.0. The number of non-ortho nitro benzene ring substituents is 2. The molecule has 0 saturated heterocycles. The van der Waals surface area contributed by atoms with E-state index in [1.165, 1.54) is 56.1 Å². The fourth-order valence-electron chi connectivity index (χ4n) is 7.14. The Kier molecular flexibility index (Phi) is 4.96. The largest absolute Gasteiger partial charge is 0.340 e. The van der Waals surface area contributed by atoms with Gasteiger partial charge < -0.3 is 10.6 Å². The molecule has 242 valence electrons. The highest BCUT2D eigenvalue weighted by Gasteiger charge is 2.70. The first-order chi connectivity index (χ1) is 24.2. The van der Waals surface area contributed by atoms with Crippen LogP contribution in [-0.2, 0) is 11.3 Å². The zero-order valence-electron chi connectivity index (χ0n) is 24.9. The first kappa shape index (κ1) is 27.5. The Morgan fingerprint density at radius 1 is 0.620 bits per heavy atom. The topological polar surface area (TPSA) is 240 Å². The number of imidazole rings is 2. The first-order valence-corrected chi connectivity index (χ1v) is 14.8. The zero-order chi connectivity index (χ0) is 34.1. The monoisotopic (exact) mass is 668 g/mol. The number of aromatic nitrogens is 10. The van der Waals surface area contributed by atoms with Gasteiger partial charge in [0.25, 0.3) is 11.4 Å². The van der Waals surface area contributed by atoms with Gasteiger partial charge in [-0.05, 0) is 36.4 Å². The number of nitrogens with zero attached hydrogens (tertiary/aromatic N) is 12. The second kappa shape index (κ2) is 9.03. The number of benzene rings is 2. The van der Waals surface area contributed by atoms with Crippen molar-refractivity contribution in [3.8, 4) is 0 Å². The Bertz CT molecular complexity index is 2960. The Hall–Kier alpha value is -7.64. The van der Waals surface area contributed by atoms with E-state index in [4.69, 9.17) is 9.97 Å². The third-order valence-electron chi connectivity index (χ3n) is 9.10. The number of pyridine rings is 2. The van der Waals surface area contributed by atoms with Crippen LogP contribution in [0.2, 0.25) is 0 Å². The summed E-state index contributed by atoms with van der Waals surface area (Å²) in [5.41, 5.74) is -4.42. The summed E-state index contributed by atoms with van der Waals surface area (Å²) in [6.07, 6.45) is 3.04. The number of nitrogens with one attached hydrogen (secondary N) is 2. The average Bonchev–Trinajstić information content (AvgIpc) is 3.83. The van der Waals surface area contributed by atoms with Crippen molar-refractivity contribution in [3.63, 3.8) is 0 Å². The first-order valence-electron chi connectivity index (χ1n) is 14.8. The summed E-state index contributed by atoms with van der Waals surface area (Å²) in [7, 11) is 0. The maximum absolute atomic E-state index is 15.1. The maximum Gasteiger partial charge on any atom is 0.340 e. The Balaban J connectivity index is 1.40. The predicted molar refractivity (Wildman–Crippen MR) is 173 cm³/mol. The van der Waals surface area contributed by atoms with Crippen LogP contribution in [0, 0.1) is 20.2 Å². The fraction of sp³-hybridized carbons (Fsp3) is 0.0667. The molecule has 0 bridgehead atoms. The van der Waals surface area contributed by atoms with Crippen LogP contribution in [0.15, 0.2) is 94.8 Å². The average molecular weight is 669 g/mol. The second-order valence-electron chi connectivity index (χ2n) is 11.6. The third-order valence-corrected chi connectivity index (χ3v) is 9.10. The van der Waals surface area contributed by atoms with Crippen LogP contribution in [0.1, 0.15) is 11.4 Å². The summed E-state index contributed by atoms with van der Waals surface area (Å²) >= 11 is 0. The summed E-state index contributed by atoms with van der Waals surface area (Å²) in [6, 6.07) is 17.9. The Morgan fingerprint density at radius 3 is 1.78 bits per heavy atom. The van der Waals surface area contributed by atoms with Crippen molar-refractivity contribution in [2.45, 2.75) is 11.3 Å².